The van der Waals surface area contributed by atoms with E-state index in [2.05, 4.69) is 24.3 Å². The van der Waals surface area contributed by atoms with Gasteiger partial charge in [-0.15, -0.1) is 0 Å². The Morgan fingerprint density at radius 2 is 2.31 bits per heavy atom. The lowest BCUT2D eigenvalue weighted by Crippen LogP contribution is -2.23. The van der Waals surface area contributed by atoms with E-state index >= 15 is 0 Å². The molecule has 0 fully saturated rings. The van der Waals surface area contributed by atoms with Crippen LogP contribution in [0.3, 0.4) is 0 Å². The summed E-state index contributed by atoms with van der Waals surface area (Å²) >= 11 is 1.92. The molecule has 1 N–H and O–H groups in total. The molecule has 0 amide bonds. The second-order valence-corrected chi connectivity index (χ2v) is 4.73. The number of ether oxygens (including phenoxy) is 1. The van der Waals surface area contributed by atoms with Crippen molar-refractivity contribution in [1.29, 1.82) is 0 Å². The van der Waals surface area contributed by atoms with E-state index in [1.807, 2.05) is 23.5 Å². The lowest BCUT2D eigenvalue weighted by Gasteiger charge is -2.18. The summed E-state index contributed by atoms with van der Waals surface area (Å²) in [6.07, 6.45) is 1.79. The first kappa shape index (κ1) is 13.4. The van der Waals surface area contributed by atoms with Crippen LogP contribution in [0.4, 0.5) is 0 Å². The van der Waals surface area contributed by atoms with Crippen LogP contribution >= 0.6 is 11.8 Å². The Labute approximate surface area is 102 Å². The number of rotatable bonds is 7. The molecule has 92 valence electrons. The van der Waals surface area contributed by atoms with Crippen molar-refractivity contribution >= 4 is 11.8 Å². The maximum absolute atomic E-state index is 5.36. The second kappa shape index (κ2) is 6.81. The minimum absolute atomic E-state index is 0.294. The molecular weight excluding hydrogens is 222 g/mol. The summed E-state index contributed by atoms with van der Waals surface area (Å²) in [5.74, 6) is 3.04. The average molecular weight is 243 g/mol. The minimum Gasteiger partial charge on any atom is -0.493 e. The Bertz CT molecular complexity index is 293. The topological polar surface area (TPSA) is 39.1 Å². The van der Waals surface area contributed by atoms with Crippen molar-refractivity contribution in [2.24, 2.45) is 0 Å². The Kier molecular flexibility index (Phi) is 5.69. The first-order chi connectivity index (χ1) is 7.78. The molecule has 1 heterocycles. The quantitative estimate of drug-likeness (QED) is 0.794. The van der Waals surface area contributed by atoms with Crippen LogP contribution in [0.1, 0.15) is 25.6 Å². The zero-order valence-corrected chi connectivity index (χ0v) is 11.3. The van der Waals surface area contributed by atoms with E-state index in [1.165, 1.54) is 0 Å². The van der Waals surface area contributed by atoms with E-state index in [1.54, 1.807) is 13.3 Å². The fraction of sp³-hybridized carbons (Fsp3) is 0.727. The van der Waals surface area contributed by atoms with Gasteiger partial charge in [-0.1, -0.05) is 6.92 Å². The van der Waals surface area contributed by atoms with Crippen molar-refractivity contribution in [3.63, 3.8) is 0 Å². The summed E-state index contributed by atoms with van der Waals surface area (Å²) in [4.78, 5) is 0. The lowest BCUT2D eigenvalue weighted by molar-refractivity contribution is 0.399. The Hall–Kier alpha value is -0.680. The summed E-state index contributed by atoms with van der Waals surface area (Å²) in [7, 11) is 3.67. The molecule has 5 heteroatoms. The molecule has 0 saturated carbocycles. The van der Waals surface area contributed by atoms with Gasteiger partial charge in [0.2, 0.25) is 0 Å². The summed E-state index contributed by atoms with van der Waals surface area (Å²) in [5.41, 5.74) is 1.15. The maximum Gasteiger partial charge on any atom is 0.161 e. The fourth-order valence-electron chi connectivity index (χ4n) is 1.67. The van der Waals surface area contributed by atoms with Gasteiger partial charge in [-0.2, -0.15) is 16.9 Å². The molecule has 0 bridgehead atoms. The third-order valence-electron chi connectivity index (χ3n) is 2.53. The van der Waals surface area contributed by atoms with Gasteiger partial charge in [0, 0.05) is 12.3 Å². The smallest absolute Gasteiger partial charge is 0.161 e. The summed E-state index contributed by atoms with van der Waals surface area (Å²) < 4.78 is 7.35. The van der Waals surface area contributed by atoms with Gasteiger partial charge in [0.05, 0.1) is 25.0 Å². The first-order valence-electron chi connectivity index (χ1n) is 5.63. The van der Waals surface area contributed by atoms with Gasteiger partial charge in [-0.05, 0) is 19.7 Å². The van der Waals surface area contributed by atoms with E-state index in [9.17, 15) is 0 Å². The molecular formula is C11H21N3OS. The Morgan fingerprint density at radius 3 is 2.81 bits per heavy atom. The van der Waals surface area contributed by atoms with E-state index in [-0.39, 0.29) is 0 Å². The van der Waals surface area contributed by atoms with Crippen molar-refractivity contribution in [1.82, 2.24) is 15.1 Å². The van der Waals surface area contributed by atoms with E-state index in [0.29, 0.717) is 6.04 Å². The van der Waals surface area contributed by atoms with Crippen LogP contribution in [0.15, 0.2) is 6.20 Å². The second-order valence-electron chi connectivity index (χ2n) is 3.41. The molecule has 0 aliphatic rings. The first-order valence-corrected chi connectivity index (χ1v) is 6.78. The van der Waals surface area contributed by atoms with Crippen molar-refractivity contribution < 1.29 is 4.74 Å². The molecule has 1 rings (SSSR count). The van der Waals surface area contributed by atoms with Gasteiger partial charge in [-0.3, -0.25) is 4.68 Å². The monoisotopic (exact) mass is 243 g/mol. The molecule has 0 aliphatic carbocycles. The summed E-state index contributed by atoms with van der Waals surface area (Å²) in [6, 6.07) is 0.294. The van der Waals surface area contributed by atoms with Crippen molar-refractivity contribution in [2.45, 2.75) is 26.4 Å². The molecule has 1 aromatic heterocycles. The maximum atomic E-state index is 5.36. The van der Waals surface area contributed by atoms with Crippen LogP contribution in [0.25, 0.3) is 0 Å². The average Bonchev–Trinajstić information content (AvgIpc) is 2.73. The number of thioether (sulfide) groups is 1. The number of methoxy groups -OCH3 is 1. The van der Waals surface area contributed by atoms with E-state index in [0.717, 1.165) is 29.5 Å². The molecule has 1 aromatic rings. The molecule has 0 spiro atoms. The van der Waals surface area contributed by atoms with E-state index < -0.39 is 0 Å². The molecule has 1 atom stereocenters. The van der Waals surface area contributed by atoms with Crippen LogP contribution < -0.4 is 10.1 Å². The number of nitrogens with zero attached hydrogens (tertiary/aromatic N) is 2. The van der Waals surface area contributed by atoms with Crippen LogP contribution in [-0.4, -0.2) is 35.4 Å². The van der Waals surface area contributed by atoms with Crippen molar-refractivity contribution in [3.05, 3.63) is 11.9 Å². The molecule has 0 radical (unpaired) electrons. The van der Waals surface area contributed by atoms with Gasteiger partial charge < -0.3 is 10.1 Å². The van der Waals surface area contributed by atoms with Gasteiger partial charge in [-0.25, -0.2) is 0 Å². The number of aromatic nitrogens is 2. The predicted molar refractivity (Wildman–Crippen MR) is 69.3 cm³/mol. The number of hydrogen-bond donors (Lipinski definition) is 1. The molecule has 4 nitrogen and oxygen atoms in total. The SMILES string of the molecule is CCSCC(NC)c1c(OC)cnn1CC. The largest absolute Gasteiger partial charge is 0.493 e. The van der Waals surface area contributed by atoms with Crippen molar-refractivity contribution in [2.75, 3.05) is 25.7 Å². The third kappa shape index (κ3) is 2.92. The van der Waals surface area contributed by atoms with Crippen LogP contribution in [0, 0.1) is 0 Å². The Balaban J connectivity index is 2.91. The number of nitrogens with one attached hydrogen (secondary N) is 1. The standard InChI is InChI=1S/C11H21N3OS/c1-5-14-11(10(15-4)7-13-14)9(12-3)8-16-6-2/h7,9,12H,5-6,8H2,1-4H3. The fourth-order valence-corrected chi connectivity index (χ4v) is 2.47. The predicted octanol–water partition coefficient (Wildman–Crippen LogP) is 1.93. The Morgan fingerprint density at radius 1 is 1.56 bits per heavy atom. The third-order valence-corrected chi connectivity index (χ3v) is 3.51. The van der Waals surface area contributed by atoms with E-state index in [4.69, 9.17) is 4.74 Å². The minimum atomic E-state index is 0.294. The number of aryl methyl sites for hydroxylation is 1. The van der Waals surface area contributed by atoms with Gasteiger partial charge in [0.15, 0.2) is 5.75 Å². The highest BCUT2D eigenvalue weighted by Crippen LogP contribution is 2.27. The van der Waals surface area contributed by atoms with Gasteiger partial charge in [0.1, 0.15) is 0 Å². The zero-order valence-electron chi connectivity index (χ0n) is 10.5. The number of hydrogen-bond acceptors (Lipinski definition) is 4. The summed E-state index contributed by atoms with van der Waals surface area (Å²) in [5, 5.41) is 7.65. The molecule has 0 aliphatic heterocycles. The molecule has 16 heavy (non-hydrogen) atoms. The van der Waals surface area contributed by atoms with Gasteiger partial charge in [0.25, 0.3) is 0 Å². The normalized spacial score (nSPS) is 12.8. The van der Waals surface area contributed by atoms with Crippen LogP contribution in [-0.2, 0) is 6.54 Å². The molecule has 0 aromatic carbocycles. The highest BCUT2D eigenvalue weighted by Gasteiger charge is 2.19. The molecule has 1 unspecified atom stereocenters. The summed E-state index contributed by atoms with van der Waals surface area (Å²) in [6.45, 7) is 5.13. The van der Waals surface area contributed by atoms with Crippen LogP contribution in [0.2, 0.25) is 0 Å². The lowest BCUT2D eigenvalue weighted by atomic mass is 10.2. The zero-order chi connectivity index (χ0) is 12.0. The highest BCUT2D eigenvalue weighted by molar-refractivity contribution is 7.99. The van der Waals surface area contributed by atoms with Crippen molar-refractivity contribution in [3.8, 4) is 5.75 Å². The van der Waals surface area contributed by atoms with Crippen LogP contribution in [0.5, 0.6) is 5.75 Å². The van der Waals surface area contributed by atoms with Gasteiger partial charge >= 0.3 is 0 Å². The highest BCUT2D eigenvalue weighted by atomic mass is 32.2. The molecule has 0 saturated heterocycles.